The minimum absolute atomic E-state index is 0.0659. The fourth-order valence-corrected chi connectivity index (χ4v) is 2.07. The Kier molecular flexibility index (Phi) is 4.27. The van der Waals surface area contributed by atoms with Gasteiger partial charge in [-0.3, -0.25) is 19.2 Å². The third-order valence-corrected chi connectivity index (χ3v) is 3.20. The summed E-state index contributed by atoms with van der Waals surface area (Å²) in [6, 6.07) is 7.96. The van der Waals surface area contributed by atoms with Crippen LogP contribution in [-0.2, 0) is 9.59 Å². The van der Waals surface area contributed by atoms with Crippen molar-refractivity contribution in [3.63, 3.8) is 0 Å². The topological polar surface area (TPSA) is 80.3 Å². The van der Waals surface area contributed by atoms with Gasteiger partial charge < -0.3 is 5.32 Å². The average Bonchev–Trinajstić information content (AvgIpc) is 2.52. The van der Waals surface area contributed by atoms with Crippen LogP contribution in [0.25, 0.3) is 10.8 Å². The summed E-state index contributed by atoms with van der Waals surface area (Å²) in [5.41, 5.74) is 1.15. The maximum Gasteiger partial charge on any atom is 0.250 e. The second kappa shape index (κ2) is 6.13. The van der Waals surface area contributed by atoms with E-state index in [0.29, 0.717) is 28.3 Å². The van der Waals surface area contributed by atoms with Gasteiger partial charge in [0.25, 0.3) is 5.91 Å². The highest BCUT2D eigenvalue weighted by atomic mass is 16.2. The molecule has 0 fully saturated rings. The molecule has 0 bridgehead atoms. The van der Waals surface area contributed by atoms with E-state index < -0.39 is 5.78 Å². The smallest absolute Gasteiger partial charge is 0.250 e. The van der Waals surface area contributed by atoms with Crippen LogP contribution < -0.4 is 5.32 Å². The largest absolute Gasteiger partial charge is 0.322 e. The van der Waals surface area contributed by atoms with Crippen LogP contribution >= 0.6 is 0 Å². The van der Waals surface area contributed by atoms with Gasteiger partial charge in [-0.15, -0.1) is 0 Å². The lowest BCUT2D eigenvalue weighted by Crippen LogP contribution is -2.11. The van der Waals surface area contributed by atoms with E-state index in [-0.39, 0.29) is 23.3 Å². The summed E-state index contributed by atoms with van der Waals surface area (Å²) in [7, 11) is 0. The fourth-order valence-electron chi connectivity index (χ4n) is 2.07. The molecule has 0 aliphatic rings. The van der Waals surface area contributed by atoms with E-state index in [1.165, 1.54) is 6.07 Å². The highest BCUT2D eigenvalue weighted by Gasteiger charge is 2.14. The highest BCUT2D eigenvalue weighted by Crippen LogP contribution is 2.25. The zero-order valence-electron chi connectivity index (χ0n) is 11.9. The molecule has 1 N–H and O–H groups in total. The van der Waals surface area contributed by atoms with Gasteiger partial charge in [0, 0.05) is 22.4 Å². The van der Waals surface area contributed by atoms with Crippen molar-refractivity contribution in [2.24, 2.45) is 0 Å². The van der Waals surface area contributed by atoms with Crippen LogP contribution in [0.15, 0.2) is 42.5 Å². The van der Waals surface area contributed by atoms with Crippen LogP contribution in [0.5, 0.6) is 0 Å². The molecule has 0 heterocycles. The molecule has 0 spiro atoms. The van der Waals surface area contributed by atoms with Crippen molar-refractivity contribution in [1.82, 2.24) is 0 Å². The number of aldehydes is 2. The molecule has 5 heteroatoms. The summed E-state index contributed by atoms with van der Waals surface area (Å²) in [5, 5.41) is 3.88. The van der Waals surface area contributed by atoms with Crippen molar-refractivity contribution in [2.45, 2.75) is 6.92 Å². The van der Waals surface area contributed by atoms with Gasteiger partial charge in [0.05, 0.1) is 0 Å². The molecule has 22 heavy (non-hydrogen) atoms. The van der Waals surface area contributed by atoms with Gasteiger partial charge in [0.2, 0.25) is 5.78 Å². The monoisotopic (exact) mass is 295 g/mol. The number of amides is 1. The van der Waals surface area contributed by atoms with Gasteiger partial charge in [-0.25, -0.2) is 0 Å². The Morgan fingerprint density at radius 3 is 2.45 bits per heavy atom. The maximum absolute atomic E-state index is 11.6. The summed E-state index contributed by atoms with van der Waals surface area (Å²) >= 11 is 0. The van der Waals surface area contributed by atoms with Gasteiger partial charge in [0.15, 0.2) is 12.6 Å². The second-order valence-corrected chi connectivity index (χ2v) is 4.80. The fraction of sp³-hybridized carbons (Fsp3) is 0.0588. The van der Waals surface area contributed by atoms with Crippen molar-refractivity contribution < 1.29 is 19.2 Å². The standard InChI is InChI=1S/C17H13NO4/c1-10(2)17(22)18-12-4-6-13-11(7-12)3-5-14(15(13)8-19)16(21)9-20/h3-9H,1H2,2H3,(H,18,22). The van der Waals surface area contributed by atoms with Gasteiger partial charge in [0.1, 0.15) is 0 Å². The van der Waals surface area contributed by atoms with E-state index in [1.54, 1.807) is 31.2 Å². The first kappa shape index (κ1) is 15.3. The van der Waals surface area contributed by atoms with E-state index in [9.17, 15) is 19.2 Å². The third-order valence-electron chi connectivity index (χ3n) is 3.20. The first-order valence-corrected chi connectivity index (χ1v) is 6.46. The lowest BCUT2D eigenvalue weighted by Gasteiger charge is -2.09. The van der Waals surface area contributed by atoms with Gasteiger partial charge in [-0.05, 0) is 35.9 Å². The zero-order chi connectivity index (χ0) is 16.3. The number of anilines is 1. The van der Waals surface area contributed by atoms with Crippen LogP contribution in [-0.4, -0.2) is 24.3 Å². The summed E-state index contributed by atoms with van der Waals surface area (Å²) in [4.78, 5) is 45.0. The number of hydrogen-bond acceptors (Lipinski definition) is 4. The van der Waals surface area contributed by atoms with E-state index in [1.807, 2.05) is 0 Å². The molecule has 110 valence electrons. The van der Waals surface area contributed by atoms with E-state index in [2.05, 4.69) is 11.9 Å². The third kappa shape index (κ3) is 2.83. The summed E-state index contributed by atoms with van der Waals surface area (Å²) in [6.07, 6.45) is 0.723. The van der Waals surface area contributed by atoms with Crippen LogP contribution in [0, 0.1) is 0 Å². The molecule has 0 radical (unpaired) electrons. The van der Waals surface area contributed by atoms with Crippen molar-refractivity contribution in [2.75, 3.05) is 5.32 Å². The second-order valence-electron chi connectivity index (χ2n) is 4.80. The molecule has 0 aromatic heterocycles. The summed E-state index contributed by atoms with van der Waals surface area (Å²) in [6.45, 7) is 5.15. The minimum atomic E-state index is -0.747. The van der Waals surface area contributed by atoms with Gasteiger partial charge in [-0.2, -0.15) is 0 Å². The lowest BCUT2D eigenvalue weighted by atomic mass is 9.97. The number of Topliss-reactive ketones (excluding diaryl/α,β-unsaturated/α-hetero) is 1. The molecular formula is C17H13NO4. The van der Waals surface area contributed by atoms with Crippen LogP contribution in [0.2, 0.25) is 0 Å². The molecule has 0 aliphatic heterocycles. The van der Waals surface area contributed by atoms with E-state index in [0.717, 1.165) is 0 Å². The molecule has 0 unspecified atom stereocenters. The van der Waals surface area contributed by atoms with Crippen molar-refractivity contribution in [1.29, 1.82) is 0 Å². The Morgan fingerprint density at radius 2 is 1.86 bits per heavy atom. The van der Waals surface area contributed by atoms with Crippen molar-refractivity contribution >= 4 is 40.7 Å². The Morgan fingerprint density at radius 1 is 1.14 bits per heavy atom. The Labute approximate surface area is 126 Å². The number of nitrogens with one attached hydrogen (secondary N) is 1. The van der Waals surface area contributed by atoms with Crippen LogP contribution in [0.1, 0.15) is 27.6 Å². The molecule has 5 nitrogen and oxygen atoms in total. The molecule has 0 atom stereocenters. The molecule has 2 aromatic rings. The number of carbonyl (C=O) groups excluding carboxylic acids is 4. The first-order chi connectivity index (χ1) is 10.5. The average molecular weight is 295 g/mol. The Bertz CT molecular complexity index is 821. The lowest BCUT2D eigenvalue weighted by molar-refractivity contribution is -0.112. The number of rotatable bonds is 5. The molecule has 0 saturated carbocycles. The Hall–Kier alpha value is -3.08. The number of ketones is 1. The SMILES string of the molecule is C=C(C)C(=O)Nc1ccc2c(C=O)c(C(=O)C=O)ccc2c1. The highest BCUT2D eigenvalue weighted by molar-refractivity contribution is 6.35. The number of benzene rings is 2. The van der Waals surface area contributed by atoms with Crippen molar-refractivity contribution in [3.8, 4) is 0 Å². The molecule has 2 rings (SSSR count). The van der Waals surface area contributed by atoms with Crippen LogP contribution in [0.4, 0.5) is 5.69 Å². The number of fused-ring (bicyclic) bond motifs is 1. The molecule has 1 amide bonds. The predicted octanol–water partition coefficient (Wildman–Crippen LogP) is 2.55. The predicted molar refractivity (Wildman–Crippen MR) is 83.2 cm³/mol. The van der Waals surface area contributed by atoms with E-state index >= 15 is 0 Å². The molecule has 0 aliphatic carbocycles. The minimum Gasteiger partial charge on any atom is -0.322 e. The van der Waals surface area contributed by atoms with Gasteiger partial charge in [-0.1, -0.05) is 18.7 Å². The van der Waals surface area contributed by atoms with E-state index in [4.69, 9.17) is 0 Å². The first-order valence-electron chi connectivity index (χ1n) is 6.46. The Balaban J connectivity index is 2.54. The summed E-state index contributed by atoms with van der Waals surface area (Å²) < 4.78 is 0. The summed E-state index contributed by atoms with van der Waals surface area (Å²) in [5.74, 6) is -1.05. The maximum atomic E-state index is 11.6. The number of carbonyl (C=O) groups is 4. The molecular weight excluding hydrogens is 282 g/mol. The zero-order valence-corrected chi connectivity index (χ0v) is 11.9. The van der Waals surface area contributed by atoms with Gasteiger partial charge >= 0.3 is 0 Å². The van der Waals surface area contributed by atoms with Crippen molar-refractivity contribution in [3.05, 3.63) is 53.6 Å². The number of hydrogen-bond donors (Lipinski definition) is 1. The quantitative estimate of drug-likeness (QED) is 0.398. The molecule has 2 aromatic carbocycles. The van der Waals surface area contributed by atoms with Crippen LogP contribution in [0.3, 0.4) is 0 Å². The molecule has 0 saturated heterocycles. The normalized spacial score (nSPS) is 10.0.